The number of aliphatic hydroxyl groups excluding tert-OH is 1. The van der Waals surface area contributed by atoms with Crippen molar-refractivity contribution >= 4 is 34.1 Å². The Morgan fingerprint density at radius 1 is 1.30 bits per heavy atom. The fourth-order valence-electron chi connectivity index (χ4n) is 2.51. The summed E-state index contributed by atoms with van der Waals surface area (Å²) in [4.78, 5) is 7.45. The third kappa shape index (κ3) is 2.58. The molecule has 3 aromatic heterocycles. The van der Waals surface area contributed by atoms with Crippen molar-refractivity contribution in [2.75, 3.05) is 6.54 Å². The monoisotopic (exact) mass is 343 g/mol. The average molecular weight is 343 g/mol. The van der Waals surface area contributed by atoms with Crippen molar-refractivity contribution in [1.82, 2.24) is 9.88 Å². The molecule has 0 unspecified atom stereocenters. The molecule has 0 saturated heterocycles. The van der Waals surface area contributed by atoms with E-state index < -0.39 is 0 Å². The van der Waals surface area contributed by atoms with Crippen molar-refractivity contribution in [3.05, 3.63) is 57.8 Å². The summed E-state index contributed by atoms with van der Waals surface area (Å²) in [6.45, 7) is 0.769. The van der Waals surface area contributed by atoms with Gasteiger partial charge in [0.15, 0.2) is 0 Å². The zero-order chi connectivity index (χ0) is 15.8. The van der Waals surface area contributed by atoms with E-state index in [0.29, 0.717) is 23.7 Å². The molecule has 0 amide bonds. The lowest BCUT2D eigenvalue weighted by Gasteiger charge is -2.16. The van der Waals surface area contributed by atoms with Crippen molar-refractivity contribution in [1.29, 1.82) is 5.41 Å². The minimum atomic E-state index is 0.189. The minimum Gasteiger partial charge on any atom is -0.510 e. The highest BCUT2D eigenvalue weighted by Crippen LogP contribution is 2.33. The number of hydrogen-bond donors (Lipinski definition) is 2. The molecule has 1 aliphatic rings. The van der Waals surface area contributed by atoms with Gasteiger partial charge in [-0.15, -0.1) is 22.7 Å². The van der Waals surface area contributed by atoms with E-state index in [-0.39, 0.29) is 11.6 Å². The number of nitrogens with one attached hydrogen (secondary N) is 1. The van der Waals surface area contributed by atoms with Gasteiger partial charge in [0, 0.05) is 5.38 Å². The molecule has 1 aliphatic heterocycles. The van der Waals surface area contributed by atoms with E-state index in [1.165, 1.54) is 11.3 Å². The Hall–Kier alpha value is -2.38. The van der Waals surface area contributed by atoms with Crippen molar-refractivity contribution in [2.24, 2.45) is 0 Å². The number of aromatic nitrogens is 1. The molecular formula is C16H13N3O2S2. The van der Waals surface area contributed by atoms with Crippen molar-refractivity contribution in [3.8, 4) is 10.6 Å². The van der Waals surface area contributed by atoms with Crippen LogP contribution in [0.15, 0.2) is 51.5 Å². The Kier molecular flexibility index (Phi) is 3.51. The first-order valence-electron chi connectivity index (χ1n) is 7.00. The molecule has 3 aromatic rings. The number of thiophene rings is 1. The van der Waals surface area contributed by atoms with Gasteiger partial charge < -0.3 is 14.4 Å². The maximum atomic E-state index is 10.3. The maximum Gasteiger partial charge on any atom is 0.135 e. The molecule has 4 rings (SSSR count). The molecule has 0 radical (unpaired) electrons. The number of hydrogen-bond acceptors (Lipinski definition) is 6. The number of furan rings is 1. The third-order valence-corrected chi connectivity index (χ3v) is 5.35. The predicted octanol–water partition coefficient (Wildman–Crippen LogP) is 4.23. The topological polar surface area (TPSA) is 73.3 Å². The van der Waals surface area contributed by atoms with Crippen LogP contribution in [-0.4, -0.2) is 27.4 Å². The molecule has 4 heterocycles. The van der Waals surface area contributed by atoms with Gasteiger partial charge in [-0.1, -0.05) is 6.07 Å². The number of amidine groups is 1. The summed E-state index contributed by atoms with van der Waals surface area (Å²) >= 11 is 3.08. The second-order valence-corrected chi connectivity index (χ2v) is 6.93. The Morgan fingerprint density at radius 2 is 2.22 bits per heavy atom. The van der Waals surface area contributed by atoms with Gasteiger partial charge in [0.2, 0.25) is 0 Å². The molecule has 5 nitrogen and oxygen atoms in total. The van der Waals surface area contributed by atoms with E-state index in [4.69, 9.17) is 9.83 Å². The normalized spacial score (nSPS) is 15.0. The average Bonchev–Trinajstić information content (AvgIpc) is 3.29. The smallest absolute Gasteiger partial charge is 0.135 e. The van der Waals surface area contributed by atoms with Crippen molar-refractivity contribution in [2.45, 2.75) is 6.54 Å². The van der Waals surface area contributed by atoms with E-state index >= 15 is 0 Å². The van der Waals surface area contributed by atoms with Crippen LogP contribution >= 0.6 is 22.7 Å². The van der Waals surface area contributed by atoms with E-state index in [9.17, 15) is 5.11 Å². The van der Waals surface area contributed by atoms with E-state index in [2.05, 4.69) is 4.98 Å². The molecule has 0 spiro atoms. The van der Waals surface area contributed by atoms with Crippen LogP contribution in [0.25, 0.3) is 16.1 Å². The minimum absolute atomic E-state index is 0.189. The van der Waals surface area contributed by atoms with Gasteiger partial charge in [0.05, 0.1) is 35.5 Å². The van der Waals surface area contributed by atoms with Crippen LogP contribution in [0.5, 0.6) is 0 Å². The lowest BCUT2D eigenvalue weighted by Crippen LogP contribution is -2.25. The fraction of sp³-hybridized carbons (Fsp3) is 0.125. The molecule has 0 bridgehead atoms. The van der Waals surface area contributed by atoms with E-state index in [1.54, 1.807) is 22.5 Å². The van der Waals surface area contributed by atoms with E-state index in [1.807, 2.05) is 35.0 Å². The Labute approximate surface area is 140 Å². The van der Waals surface area contributed by atoms with Gasteiger partial charge in [0.1, 0.15) is 22.4 Å². The Balaban J connectivity index is 1.59. The molecule has 23 heavy (non-hydrogen) atoms. The lowest BCUT2D eigenvalue weighted by atomic mass is 10.2. The Bertz CT molecular complexity index is 863. The number of aliphatic hydroxyl groups is 1. The molecule has 0 atom stereocenters. The first-order chi connectivity index (χ1) is 11.2. The first kappa shape index (κ1) is 14.2. The quantitative estimate of drug-likeness (QED) is 0.743. The summed E-state index contributed by atoms with van der Waals surface area (Å²) in [5.41, 5.74) is 1.40. The van der Waals surface area contributed by atoms with Crippen LogP contribution in [0.1, 0.15) is 10.8 Å². The SMILES string of the molecule is N=C1C(c2nc(-c3cccs3)cs2)=C(O)CN1Cc1ccco1. The molecule has 2 N–H and O–H groups in total. The molecular weight excluding hydrogens is 330 g/mol. The first-order valence-corrected chi connectivity index (χ1v) is 8.76. The largest absolute Gasteiger partial charge is 0.510 e. The van der Waals surface area contributed by atoms with Gasteiger partial charge in [0.25, 0.3) is 0 Å². The van der Waals surface area contributed by atoms with Crippen LogP contribution < -0.4 is 0 Å². The van der Waals surface area contributed by atoms with Gasteiger partial charge in [-0.2, -0.15) is 0 Å². The standard InChI is InChI=1S/C16H13N3O2S2/c17-15-14(12(20)8-19(15)7-10-3-1-5-21-10)16-18-11(9-23-16)13-4-2-6-22-13/h1-6,9,17,20H,7-8H2. The molecule has 0 saturated carbocycles. The van der Waals surface area contributed by atoms with E-state index in [0.717, 1.165) is 16.3 Å². The van der Waals surface area contributed by atoms with Gasteiger partial charge in [-0.05, 0) is 23.6 Å². The van der Waals surface area contributed by atoms with Crippen LogP contribution in [0, 0.1) is 5.41 Å². The number of nitrogens with zero attached hydrogens (tertiary/aromatic N) is 2. The third-order valence-electron chi connectivity index (χ3n) is 3.60. The Morgan fingerprint density at radius 3 is 2.96 bits per heavy atom. The van der Waals surface area contributed by atoms with Crippen molar-refractivity contribution in [3.63, 3.8) is 0 Å². The molecule has 116 valence electrons. The van der Waals surface area contributed by atoms with Crippen LogP contribution in [0.3, 0.4) is 0 Å². The predicted molar refractivity (Wildman–Crippen MR) is 91.8 cm³/mol. The van der Waals surface area contributed by atoms with Crippen LogP contribution in [-0.2, 0) is 6.54 Å². The summed E-state index contributed by atoms with van der Waals surface area (Å²) in [5.74, 6) is 1.24. The second kappa shape index (κ2) is 5.68. The highest BCUT2D eigenvalue weighted by atomic mass is 32.1. The molecule has 0 aliphatic carbocycles. The molecule has 0 aromatic carbocycles. The number of rotatable bonds is 4. The summed E-state index contributed by atoms with van der Waals surface area (Å²) in [7, 11) is 0. The zero-order valence-corrected chi connectivity index (χ0v) is 13.7. The molecule has 7 heteroatoms. The highest BCUT2D eigenvalue weighted by molar-refractivity contribution is 7.14. The van der Waals surface area contributed by atoms with Crippen molar-refractivity contribution < 1.29 is 9.52 Å². The highest BCUT2D eigenvalue weighted by Gasteiger charge is 2.30. The van der Waals surface area contributed by atoms with Crippen LogP contribution in [0.2, 0.25) is 0 Å². The van der Waals surface area contributed by atoms with Gasteiger partial charge in [-0.3, -0.25) is 5.41 Å². The van der Waals surface area contributed by atoms with Gasteiger partial charge in [-0.25, -0.2) is 4.98 Å². The summed E-state index contributed by atoms with van der Waals surface area (Å²) in [5, 5.41) is 23.3. The summed E-state index contributed by atoms with van der Waals surface area (Å²) in [6, 6.07) is 7.68. The van der Waals surface area contributed by atoms with Crippen LogP contribution in [0.4, 0.5) is 0 Å². The number of thiazole rings is 1. The molecule has 0 fully saturated rings. The summed E-state index contributed by atoms with van der Waals surface area (Å²) in [6.07, 6.45) is 1.61. The van der Waals surface area contributed by atoms with Gasteiger partial charge >= 0.3 is 0 Å². The maximum absolute atomic E-state index is 10.3. The second-order valence-electron chi connectivity index (χ2n) is 5.12. The fourth-order valence-corrected chi connectivity index (χ4v) is 4.16. The zero-order valence-electron chi connectivity index (χ0n) is 12.0. The summed E-state index contributed by atoms with van der Waals surface area (Å²) < 4.78 is 5.32. The lowest BCUT2D eigenvalue weighted by molar-refractivity contribution is 0.328.